The van der Waals surface area contributed by atoms with Crippen LogP contribution in [0.1, 0.15) is 11.1 Å². The smallest absolute Gasteiger partial charge is 0.269 e. The Hall–Kier alpha value is -3.64. The lowest BCUT2D eigenvalue weighted by molar-refractivity contribution is -0.384. The zero-order valence-corrected chi connectivity index (χ0v) is 16.2. The lowest BCUT2D eigenvalue weighted by Gasteiger charge is -2.18. The Labute approximate surface area is 170 Å². The fourth-order valence-corrected chi connectivity index (χ4v) is 4.33. The molecule has 0 bridgehead atoms. The van der Waals surface area contributed by atoms with Crippen molar-refractivity contribution in [1.82, 2.24) is 0 Å². The van der Waals surface area contributed by atoms with E-state index in [4.69, 9.17) is 5.73 Å². The van der Waals surface area contributed by atoms with Gasteiger partial charge in [0.15, 0.2) is 0 Å². The number of anilines is 1. The van der Waals surface area contributed by atoms with E-state index in [0.717, 1.165) is 17.3 Å². The number of hydrogen-bond acceptors (Lipinski definition) is 6. The SMILES string of the molecule is Cc1cccc(N2C(=O)C(Cc3cccc([N+](=O)[O-])c3)SC2=C(C#N)C(N)=O)c1. The Morgan fingerprint density at radius 1 is 1.31 bits per heavy atom. The minimum absolute atomic E-state index is 0.0703. The van der Waals surface area contributed by atoms with Crippen molar-refractivity contribution in [2.45, 2.75) is 18.6 Å². The fourth-order valence-electron chi connectivity index (χ4n) is 3.01. The Balaban J connectivity index is 2.03. The molecule has 2 amide bonds. The van der Waals surface area contributed by atoms with Crippen molar-refractivity contribution in [2.24, 2.45) is 5.73 Å². The average molecular weight is 408 g/mol. The molecule has 2 N–H and O–H groups in total. The highest BCUT2D eigenvalue weighted by Gasteiger charge is 2.40. The molecule has 1 unspecified atom stereocenters. The zero-order chi connectivity index (χ0) is 21.1. The molecular weight excluding hydrogens is 392 g/mol. The quantitative estimate of drug-likeness (QED) is 0.350. The molecule has 0 saturated carbocycles. The van der Waals surface area contributed by atoms with Gasteiger partial charge in [-0.2, -0.15) is 5.26 Å². The summed E-state index contributed by atoms with van der Waals surface area (Å²) in [5.41, 5.74) is 7.01. The Kier molecular flexibility index (Phi) is 5.66. The van der Waals surface area contributed by atoms with Crippen LogP contribution in [-0.2, 0) is 16.0 Å². The number of nitriles is 1. The minimum atomic E-state index is -0.920. The predicted octanol–water partition coefficient (Wildman–Crippen LogP) is 2.81. The number of nitro groups is 1. The monoisotopic (exact) mass is 408 g/mol. The summed E-state index contributed by atoms with van der Waals surface area (Å²) in [4.78, 5) is 36.8. The molecule has 146 valence electrons. The van der Waals surface area contributed by atoms with Crippen molar-refractivity contribution < 1.29 is 14.5 Å². The van der Waals surface area contributed by atoms with Crippen molar-refractivity contribution >= 4 is 35.0 Å². The van der Waals surface area contributed by atoms with Gasteiger partial charge < -0.3 is 5.73 Å². The summed E-state index contributed by atoms with van der Waals surface area (Å²) in [6.45, 7) is 1.86. The molecule has 8 nitrogen and oxygen atoms in total. The Morgan fingerprint density at radius 3 is 2.66 bits per heavy atom. The molecule has 1 aliphatic heterocycles. The standard InChI is InChI=1S/C20H16N4O4S/c1-12-4-2-6-14(8-12)23-19(26)17(29-20(23)16(11-21)18(22)25)10-13-5-3-7-15(9-13)24(27)28/h2-9,17H,10H2,1H3,(H2,22,25). The van der Waals surface area contributed by atoms with E-state index in [1.807, 2.05) is 13.0 Å². The molecule has 1 atom stereocenters. The second-order valence-corrected chi connectivity index (χ2v) is 7.60. The lowest BCUT2D eigenvalue weighted by Crippen LogP contribution is -2.31. The normalized spacial score (nSPS) is 17.7. The van der Waals surface area contributed by atoms with Gasteiger partial charge in [-0.1, -0.05) is 36.0 Å². The molecule has 9 heteroatoms. The van der Waals surface area contributed by atoms with E-state index in [1.165, 1.54) is 17.0 Å². The van der Waals surface area contributed by atoms with Crippen LogP contribution < -0.4 is 10.6 Å². The van der Waals surface area contributed by atoms with Crippen LogP contribution in [0.2, 0.25) is 0 Å². The molecule has 2 aromatic rings. The number of aryl methyl sites for hydroxylation is 1. The van der Waals surface area contributed by atoms with Crippen molar-refractivity contribution in [3.05, 3.63) is 80.4 Å². The van der Waals surface area contributed by atoms with Crippen LogP contribution >= 0.6 is 11.8 Å². The minimum Gasteiger partial charge on any atom is -0.365 e. The molecule has 3 rings (SSSR count). The van der Waals surface area contributed by atoms with Crippen molar-refractivity contribution in [2.75, 3.05) is 4.90 Å². The fraction of sp³-hybridized carbons (Fsp3) is 0.150. The van der Waals surface area contributed by atoms with Crippen LogP contribution in [0.5, 0.6) is 0 Å². The molecule has 0 radical (unpaired) electrons. The maximum absolute atomic E-state index is 13.2. The Bertz CT molecular complexity index is 1090. The molecule has 1 heterocycles. The van der Waals surface area contributed by atoms with Crippen molar-refractivity contribution in [1.29, 1.82) is 5.26 Å². The maximum Gasteiger partial charge on any atom is 0.269 e. The number of nitrogens with two attached hydrogens (primary N) is 1. The first-order chi connectivity index (χ1) is 13.8. The van der Waals surface area contributed by atoms with Gasteiger partial charge in [0.2, 0.25) is 5.91 Å². The van der Waals surface area contributed by atoms with E-state index in [1.54, 1.807) is 36.4 Å². The van der Waals surface area contributed by atoms with Gasteiger partial charge in [0, 0.05) is 17.8 Å². The van der Waals surface area contributed by atoms with Gasteiger partial charge in [-0.15, -0.1) is 0 Å². The molecule has 1 fully saturated rings. The molecule has 2 aromatic carbocycles. The van der Waals surface area contributed by atoms with Gasteiger partial charge in [0.05, 0.1) is 10.2 Å². The van der Waals surface area contributed by atoms with Gasteiger partial charge >= 0.3 is 0 Å². The maximum atomic E-state index is 13.2. The number of non-ortho nitro benzene ring substituents is 1. The highest BCUT2D eigenvalue weighted by molar-refractivity contribution is 8.05. The number of carbonyl (C=O) groups excluding carboxylic acids is 2. The third kappa shape index (κ3) is 4.12. The molecule has 29 heavy (non-hydrogen) atoms. The van der Waals surface area contributed by atoms with Crippen LogP contribution in [0, 0.1) is 28.4 Å². The van der Waals surface area contributed by atoms with Gasteiger partial charge in [-0.05, 0) is 36.6 Å². The summed E-state index contributed by atoms with van der Waals surface area (Å²) in [6, 6.07) is 14.9. The lowest BCUT2D eigenvalue weighted by atomic mass is 10.1. The Morgan fingerprint density at radius 2 is 2.03 bits per heavy atom. The van der Waals surface area contributed by atoms with E-state index in [2.05, 4.69) is 0 Å². The summed E-state index contributed by atoms with van der Waals surface area (Å²) in [6.07, 6.45) is 0.203. The van der Waals surface area contributed by atoms with Gasteiger partial charge in [-0.25, -0.2) is 0 Å². The van der Waals surface area contributed by atoms with E-state index in [9.17, 15) is 25.0 Å². The summed E-state index contributed by atoms with van der Waals surface area (Å²) in [5, 5.41) is 19.9. The molecule has 1 saturated heterocycles. The highest BCUT2D eigenvalue weighted by Crippen LogP contribution is 2.42. The highest BCUT2D eigenvalue weighted by atomic mass is 32.2. The number of amides is 2. The first-order valence-corrected chi connectivity index (χ1v) is 9.44. The van der Waals surface area contributed by atoms with E-state index >= 15 is 0 Å². The van der Waals surface area contributed by atoms with Gasteiger partial charge in [0.1, 0.15) is 16.7 Å². The first-order valence-electron chi connectivity index (χ1n) is 8.56. The zero-order valence-electron chi connectivity index (χ0n) is 15.4. The second-order valence-electron chi connectivity index (χ2n) is 6.41. The number of primary amides is 1. The molecule has 0 aromatic heterocycles. The molecular formula is C20H16N4O4S. The number of thioether (sulfide) groups is 1. The van der Waals surface area contributed by atoms with Crippen molar-refractivity contribution in [3.63, 3.8) is 0 Å². The number of benzene rings is 2. The van der Waals surface area contributed by atoms with Gasteiger partial charge in [-0.3, -0.25) is 24.6 Å². The number of nitro benzene ring substituents is 1. The van der Waals surface area contributed by atoms with E-state index < -0.39 is 16.1 Å². The molecule has 1 aliphatic rings. The number of nitrogens with zero attached hydrogens (tertiary/aromatic N) is 3. The predicted molar refractivity (Wildman–Crippen MR) is 109 cm³/mol. The first kappa shape index (κ1) is 20.1. The van der Waals surface area contributed by atoms with E-state index in [-0.39, 0.29) is 28.6 Å². The number of rotatable bonds is 5. The third-order valence-corrected chi connectivity index (χ3v) is 5.59. The number of hydrogen-bond donors (Lipinski definition) is 1. The summed E-state index contributed by atoms with van der Waals surface area (Å²) >= 11 is 1.06. The number of carbonyl (C=O) groups is 2. The molecule has 0 aliphatic carbocycles. The second kappa shape index (κ2) is 8.16. The third-order valence-electron chi connectivity index (χ3n) is 4.33. The largest absolute Gasteiger partial charge is 0.365 e. The summed E-state index contributed by atoms with van der Waals surface area (Å²) in [7, 11) is 0. The van der Waals surface area contributed by atoms with Crippen LogP contribution in [0.25, 0.3) is 0 Å². The van der Waals surface area contributed by atoms with Crippen LogP contribution in [0.15, 0.2) is 59.1 Å². The summed E-state index contributed by atoms with van der Waals surface area (Å²) in [5.74, 6) is -1.24. The van der Waals surface area contributed by atoms with Crippen LogP contribution in [0.3, 0.4) is 0 Å². The van der Waals surface area contributed by atoms with E-state index in [0.29, 0.717) is 11.3 Å². The van der Waals surface area contributed by atoms with Gasteiger partial charge in [0.25, 0.3) is 11.6 Å². The summed E-state index contributed by atoms with van der Waals surface area (Å²) < 4.78 is 0. The van der Waals surface area contributed by atoms with Crippen molar-refractivity contribution in [3.8, 4) is 6.07 Å². The van der Waals surface area contributed by atoms with Crippen LogP contribution in [0.4, 0.5) is 11.4 Å². The average Bonchev–Trinajstić information content (AvgIpc) is 2.98. The van der Waals surface area contributed by atoms with Crippen LogP contribution in [-0.4, -0.2) is 22.0 Å². The topological polar surface area (TPSA) is 130 Å². The molecule has 0 spiro atoms.